The number of rotatable bonds is 3. The normalized spacial score (nSPS) is 11.5. The van der Waals surface area contributed by atoms with Gasteiger partial charge in [0.25, 0.3) is 5.56 Å². The van der Waals surface area contributed by atoms with E-state index < -0.39 is 28.4 Å². The van der Waals surface area contributed by atoms with Crippen molar-refractivity contribution in [2.24, 2.45) is 0 Å². The molecule has 3 aromatic rings. The molecule has 0 spiro atoms. The molecule has 3 rings (SSSR count). The summed E-state index contributed by atoms with van der Waals surface area (Å²) in [6, 6.07) is 8.38. The van der Waals surface area contributed by atoms with Gasteiger partial charge in [0.15, 0.2) is 5.69 Å². The molecule has 0 saturated carbocycles. The van der Waals surface area contributed by atoms with Crippen molar-refractivity contribution in [2.75, 3.05) is 7.11 Å². The largest absolute Gasteiger partial charge is 0.497 e. The number of nitriles is 1. The average Bonchev–Trinajstić information content (AvgIpc) is 2.94. The van der Waals surface area contributed by atoms with E-state index in [0.717, 1.165) is 4.68 Å². The molecule has 0 amide bonds. The molecule has 0 aliphatic carbocycles. The molecule has 2 aromatic heterocycles. The van der Waals surface area contributed by atoms with Crippen LogP contribution in [0.3, 0.4) is 0 Å². The number of methoxy groups -OCH3 is 1. The van der Waals surface area contributed by atoms with Gasteiger partial charge in [0.05, 0.1) is 24.6 Å². The Morgan fingerprint density at radius 1 is 1.32 bits per heavy atom. The summed E-state index contributed by atoms with van der Waals surface area (Å²) in [7, 11) is 1.51. The van der Waals surface area contributed by atoms with Gasteiger partial charge in [-0.05, 0) is 17.7 Å². The van der Waals surface area contributed by atoms with E-state index in [2.05, 4.69) is 10.1 Å². The SMILES string of the molecule is COc1ccc(Cn2nc(C#N)c3c(C(F)(F)F)c[nH]c(=O)c32)cc1. The monoisotopic (exact) mass is 348 g/mol. The predicted octanol–water partition coefficient (Wildman–Crippen LogP) is 2.67. The standard InChI is InChI=1S/C16H11F3N4O2/c1-25-10-4-2-9(3-5-10)8-23-14-13(12(6-20)22-23)11(16(17,18)19)7-21-15(14)24/h2-5,7H,8H2,1H3,(H,21,24). The smallest absolute Gasteiger partial charge is 0.418 e. The highest BCUT2D eigenvalue weighted by atomic mass is 19.4. The lowest BCUT2D eigenvalue weighted by atomic mass is 10.1. The van der Waals surface area contributed by atoms with Crippen LogP contribution in [0.2, 0.25) is 0 Å². The number of nitrogens with zero attached hydrogens (tertiary/aromatic N) is 3. The van der Waals surface area contributed by atoms with E-state index in [1.54, 1.807) is 30.3 Å². The molecule has 1 N–H and O–H groups in total. The van der Waals surface area contributed by atoms with Gasteiger partial charge in [0.2, 0.25) is 0 Å². The number of hydrogen-bond acceptors (Lipinski definition) is 4. The zero-order valence-electron chi connectivity index (χ0n) is 12.9. The highest BCUT2D eigenvalue weighted by molar-refractivity contribution is 5.87. The van der Waals surface area contributed by atoms with Gasteiger partial charge in [-0.1, -0.05) is 12.1 Å². The minimum Gasteiger partial charge on any atom is -0.497 e. The lowest BCUT2D eigenvalue weighted by Crippen LogP contribution is -2.16. The number of nitrogens with one attached hydrogen (secondary N) is 1. The molecule has 0 radical (unpaired) electrons. The molecule has 0 fully saturated rings. The molecule has 0 atom stereocenters. The Labute approximate surface area is 139 Å². The van der Waals surface area contributed by atoms with Crippen LogP contribution >= 0.6 is 0 Å². The second kappa shape index (κ2) is 5.98. The molecule has 1 aromatic carbocycles. The second-order valence-corrected chi connectivity index (χ2v) is 5.22. The summed E-state index contributed by atoms with van der Waals surface area (Å²) >= 11 is 0. The molecular weight excluding hydrogens is 337 g/mol. The zero-order valence-corrected chi connectivity index (χ0v) is 12.9. The predicted molar refractivity (Wildman–Crippen MR) is 82.2 cm³/mol. The molecule has 25 heavy (non-hydrogen) atoms. The molecule has 0 aliphatic rings. The van der Waals surface area contributed by atoms with Crippen molar-refractivity contribution in [1.29, 1.82) is 5.26 Å². The quantitative estimate of drug-likeness (QED) is 0.789. The van der Waals surface area contributed by atoms with Crippen molar-refractivity contribution in [3.05, 3.63) is 57.6 Å². The topological polar surface area (TPSA) is 83.7 Å². The Bertz CT molecular complexity index is 1030. The van der Waals surface area contributed by atoms with Crippen LogP contribution < -0.4 is 10.3 Å². The molecule has 0 saturated heterocycles. The fourth-order valence-electron chi connectivity index (χ4n) is 2.55. The highest BCUT2D eigenvalue weighted by Crippen LogP contribution is 2.34. The van der Waals surface area contributed by atoms with Crippen molar-refractivity contribution < 1.29 is 17.9 Å². The van der Waals surface area contributed by atoms with E-state index in [1.165, 1.54) is 7.11 Å². The number of pyridine rings is 1. The van der Waals surface area contributed by atoms with Crippen LogP contribution in [-0.4, -0.2) is 21.9 Å². The van der Waals surface area contributed by atoms with E-state index in [9.17, 15) is 18.0 Å². The Hall–Kier alpha value is -3.28. The summed E-state index contributed by atoms with van der Waals surface area (Å²) in [4.78, 5) is 14.2. The van der Waals surface area contributed by atoms with E-state index in [1.807, 2.05) is 0 Å². The summed E-state index contributed by atoms with van der Waals surface area (Å²) < 4.78 is 45.7. The van der Waals surface area contributed by atoms with Crippen LogP contribution in [0.1, 0.15) is 16.8 Å². The van der Waals surface area contributed by atoms with Crippen LogP contribution in [0.25, 0.3) is 10.9 Å². The lowest BCUT2D eigenvalue weighted by Gasteiger charge is -2.08. The average molecular weight is 348 g/mol. The van der Waals surface area contributed by atoms with Crippen LogP contribution in [0.5, 0.6) is 5.75 Å². The molecule has 6 nitrogen and oxygen atoms in total. The third kappa shape index (κ3) is 2.94. The third-order valence-electron chi connectivity index (χ3n) is 3.69. The van der Waals surface area contributed by atoms with Crippen molar-refractivity contribution in [2.45, 2.75) is 12.7 Å². The van der Waals surface area contributed by atoms with Gasteiger partial charge in [-0.15, -0.1) is 0 Å². The summed E-state index contributed by atoms with van der Waals surface area (Å²) in [5, 5.41) is 12.5. The summed E-state index contributed by atoms with van der Waals surface area (Å²) in [6.45, 7) is 0.0343. The first-order valence-corrected chi connectivity index (χ1v) is 7.07. The van der Waals surface area contributed by atoms with Crippen LogP contribution in [0.15, 0.2) is 35.3 Å². The fourth-order valence-corrected chi connectivity index (χ4v) is 2.55. The zero-order chi connectivity index (χ0) is 18.2. The maximum atomic E-state index is 13.2. The molecule has 0 bridgehead atoms. The highest BCUT2D eigenvalue weighted by Gasteiger charge is 2.36. The molecule has 0 unspecified atom stereocenters. The summed E-state index contributed by atoms with van der Waals surface area (Å²) in [5.41, 5.74) is -1.89. The van der Waals surface area contributed by atoms with Gasteiger partial charge < -0.3 is 9.72 Å². The number of aromatic nitrogens is 3. The van der Waals surface area contributed by atoms with E-state index >= 15 is 0 Å². The Balaban J connectivity index is 2.19. The Morgan fingerprint density at radius 2 is 2.00 bits per heavy atom. The van der Waals surface area contributed by atoms with Crippen molar-refractivity contribution >= 4 is 10.9 Å². The first kappa shape index (κ1) is 16.6. The number of fused-ring (bicyclic) bond motifs is 1. The number of halogens is 3. The van der Waals surface area contributed by atoms with Gasteiger partial charge in [0, 0.05) is 6.20 Å². The summed E-state index contributed by atoms with van der Waals surface area (Å²) in [6.07, 6.45) is -4.16. The molecule has 0 aliphatic heterocycles. The molecular formula is C16H11F3N4O2. The van der Waals surface area contributed by atoms with Gasteiger partial charge >= 0.3 is 6.18 Å². The lowest BCUT2D eigenvalue weighted by molar-refractivity contribution is -0.136. The molecule has 128 valence electrons. The Morgan fingerprint density at radius 3 is 2.56 bits per heavy atom. The first-order chi connectivity index (χ1) is 11.8. The van der Waals surface area contributed by atoms with Crippen molar-refractivity contribution in [1.82, 2.24) is 14.8 Å². The van der Waals surface area contributed by atoms with E-state index in [4.69, 9.17) is 10.00 Å². The maximum absolute atomic E-state index is 13.2. The van der Waals surface area contributed by atoms with Crippen molar-refractivity contribution in [3.63, 3.8) is 0 Å². The van der Waals surface area contributed by atoms with E-state index in [-0.39, 0.29) is 12.1 Å². The molecule has 2 heterocycles. The molecule has 9 heteroatoms. The van der Waals surface area contributed by atoms with Crippen molar-refractivity contribution in [3.8, 4) is 11.8 Å². The number of ether oxygens (including phenoxy) is 1. The van der Waals surface area contributed by atoms with Gasteiger partial charge in [-0.3, -0.25) is 9.48 Å². The fraction of sp³-hybridized carbons (Fsp3) is 0.188. The number of alkyl halides is 3. The van der Waals surface area contributed by atoms with E-state index in [0.29, 0.717) is 17.5 Å². The Kier molecular flexibility index (Phi) is 3.96. The second-order valence-electron chi connectivity index (χ2n) is 5.22. The maximum Gasteiger partial charge on any atom is 0.418 e. The number of hydrogen-bond donors (Lipinski definition) is 1. The summed E-state index contributed by atoms with van der Waals surface area (Å²) in [5.74, 6) is 0.615. The van der Waals surface area contributed by atoms with Crippen LogP contribution in [-0.2, 0) is 12.7 Å². The van der Waals surface area contributed by atoms with Gasteiger partial charge in [-0.2, -0.15) is 23.5 Å². The van der Waals surface area contributed by atoms with Gasteiger partial charge in [0.1, 0.15) is 17.3 Å². The minimum atomic E-state index is -4.72. The number of H-pyrrole nitrogens is 1. The number of benzene rings is 1. The number of aromatic amines is 1. The van der Waals surface area contributed by atoms with Gasteiger partial charge in [-0.25, -0.2) is 0 Å². The van der Waals surface area contributed by atoms with Crippen LogP contribution in [0, 0.1) is 11.3 Å². The van der Waals surface area contributed by atoms with Crippen LogP contribution in [0.4, 0.5) is 13.2 Å². The minimum absolute atomic E-state index is 0.0343. The first-order valence-electron chi connectivity index (χ1n) is 7.07. The third-order valence-corrected chi connectivity index (χ3v) is 3.69.